The molecule has 1 saturated heterocycles. The van der Waals surface area contributed by atoms with Crippen LogP contribution in [0.4, 0.5) is 5.69 Å². The van der Waals surface area contributed by atoms with Gasteiger partial charge in [-0.15, -0.1) is 0 Å². The van der Waals surface area contributed by atoms with Crippen LogP contribution in [0.2, 0.25) is 0 Å². The van der Waals surface area contributed by atoms with Gasteiger partial charge >= 0.3 is 5.97 Å². The Balaban J connectivity index is 1.69. The highest BCUT2D eigenvalue weighted by molar-refractivity contribution is 5.81. The minimum Gasteiger partial charge on any atom is -0.495 e. The van der Waals surface area contributed by atoms with E-state index in [0.29, 0.717) is 6.54 Å². The Morgan fingerprint density at radius 1 is 1.04 bits per heavy atom. The van der Waals surface area contributed by atoms with Crippen molar-refractivity contribution < 1.29 is 14.6 Å². The van der Waals surface area contributed by atoms with Crippen molar-refractivity contribution in [3.8, 4) is 5.75 Å². The number of carboxylic acid groups (broad SMARTS) is 1. The molecular formula is C21H26N2O3. The van der Waals surface area contributed by atoms with Gasteiger partial charge in [0.05, 0.1) is 12.8 Å². The number of aliphatic carboxylic acids is 1. The molecule has 3 rings (SSSR count). The first-order valence-electron chi connectivity index (χ1n) is 8.94. The number of anilines is 1. The van der Waals surface area contributed by atoms with Crippen molar-refractivity contribution >= 4 is 11.7 Å². The fraction of sp³-hybridized carbons (Fsp3) is 0.381. The summed E-state index contributed by atoms with van der Waals surface area (Å²) in [6, 6.07) is 17.5. The van der Waals surface area contributed by atoms with Crippen molar-refractivity contribution in [1.29, 1.82) is 0 Å². The smallest absolute Gasteiger partial charge is 0.315 e. The third kappa shape index (κ3) is 3.68. The highest BCUT2D eigenvalue weighted by Crippen LogP contribution is 2.30. The first-order valence-corrected chi connectivity index (χ1v) is 8.94. The molecule has 1 atom stereocenters. The molecule has 0 aromatic heterocycles. The number of nitrogens with zero attached hydrogens (tertiary/aromatic N) is 2. The monoisotopic (exact) mass is 354 g/mol. The number of hydrogen-bond donors (Lipinski definition) is 1. The molecule has 1 N–H and O–H groups in total. The number of benzene rings is 2. The Labute approximate surface area is 154 Å². The van der Waals surface area contributed by atoms with Crippen LogP contribution in [0.15, 0.2) is 54.6 Å². The van der Waals surface area contributed by atoms with Gasteiger partial charge in [0.1, 0.15) is 11.2 Å². The first kappa shape index (κ1) is 18.3. The summed E-state index contributed by atoms with van der Waals surface area (Å²) in [6.07, 6.45) is 0. The summed E-state index contributed by atoms with van der Waals surface area (Å²) in [5, 5.41) is 9.86. The first-order chi connectivity index (χ1) is 12.5. The third-order valence-corrected chi connectivity index (χ3v) is 5.22. The molecule has 1 unspecified atom stereocenters. The Morgan fingerprint density at radius 3 is 2.27 bits per heavy atom. The van der Waals surface area contributed by atoms with Gasteiger partial charge in [0.2, 0.25) is 0 Å². The van der Waals surface area contributed by atoms with Crippen molar-refractivity contribution in [2.75, 3.05) is 44.7 Å². The average molecular weight is 354 g/mol. The van der Waals surface area contributed by atoms with Crippen molar-refractivity contribution in [2.45, 2.75) is 12.3 Å². The van der Waals surface area contributed by atoms with Crippen molar-refractivity contribution in [3.63, 3.8) is 0 Å². The molecule has 2 aromatic rings. The number of ether oxygens (including phenoxy) is 1. The van der Waals surface area contributed by atoms with E-state index in [2.05, 4.69) is 15.9 Å². The van der Waals surface area contributed by atoms with E-state index in [9.17, 15) is 9.90 Å². The summed E-state index contributed by atoms with van der Waals surface area (Å²) in [7, 11) is 1.69. The lowest BCUT2D eigenvalue weighted by Crippen LogP contribution is -2.52. The third-order valence-electron chi connectivity index (χ3n) is 5.22. The molecule has 0 spiro atoms. The van der Waals surface area contributed by atoms with E-state index in [0.717, 1.165) is 43.2 Å². The number of hydrogen-bond acceptors (Lipinski definition) is 4. The predicted molar refractivity (Wildman–Crippen MR) is 103 cm³/mol. The van der Waals surface area contributed by atoms with Crippen LogP contribution in [0, 0.1) is 0 Å². The molecule has 1 aliphatic heterocycles. The molecule has 138 valence electrons. The van der Waals surface area contributed by atoms with E-state index in [1.807, 2.05) is 55.5 Å². The summed E-state index contributed by atoms with van der Waals surface area (Å²) >= 11 is 0. The SMILES string of the molecule is COc1ccccc1N1CCN(CC(C)(C(=O)O)c2ccccc2)CC1. The molecule has 1 fully saturated rings. The standard InChI is InChI=1S/C21H26N2O3/c1-21(20(24)25,17-8-4-3-5-9-17)16-22-12-14-23(15-13-22)18-10-6-7-11-19(18)26-2/h3-11H,12-16H2,1-2H3,(H,24,25). The zero-order valence-electron chi connectivity index (χ0n) is 15.4. The quantitative estimate of drug-likeness (QED) is 0.864. The minimum absolute atomic E-state index is 0.506. The summed E-state index contributed by atoms with van der Waals surface area (Å²) in [5.74, 6) is 0.0940. The highest BCUT2D eigenvalue weighted by Gasteiger charge is 2.37. The summed E-state index contributed by atoms with van der Waals surface area (Å²) in [4.78, 5) is 16.6. The van der Waals surface area contributed by atoms with Gasteiger partial charge in [0, 0.05) is 32.7 Å². The zero-order chi connectivity index (χ0) is 18.6. The largest absolute Gasteiger partial charge is 0.495 e. The van der Waals surface area contributed by atoms with Crippen LogP contribution >= 0.6 is 0 Å². The highest BCUT2D eigenvalue weighted by atomic mass is 16.5. The lowest BCUT2D eigenvalue weighted by Gasteiger charge is -2.40. The maximum Gasteiger partial charge on any atom is 0.315 e. The molecular weight excluding hydrogens is 328 g/mol. The molecule has 0 radical (unpaired) electrons. The maximum absolute atomic E-state index is 12.0. The number of rotatable bonds is 6. The number of methoxy groups -OCH3 is 1. The molecule has 2 aromatic carbocycles. The minimum atomic E-state index is -0.909. The summed E-state index contributed by atoms with van der Waals surface area (Å²) < 4.78 is 5.46. The molecule has 0 amide bonds. The van der Waals surface area contributed by atoms with E-state index >= 15 is 0 Å². The van der Waals surface area contributed by atoms with Crippen molar-refractivity contribution in [1.82, 2.24) is 4.90 Å². The molecule has 0 aliphatic carbocycles. The van der Waals surface area contributed by atoms with E-state index in [-0.39, 0.29) is 0 Å². The Morgan fingerprint density at radius 2 is 1.65 bits per heavy atom. The molecule has 5 nitrogen and oxygen atoms in total. The zero-order valence-corrected chi connectivity index (χ0v) is 15.4. The van der Waals surface area contributed by atoms with Gasteiger partial charge in [-0.2, -0.15) is 0 Å². The second-order valence-electron chi connectivity index (χ2n) is 6.94. The van der Waals surface area contributed by atoms with Gasteiger partial charge in [0.25, 0.3) is 0 Å². The second kappa shape index (κ2) is 7.79. The Bertz CT molecular complexity index is 742. The number of carboxylic acids is 1. The summed E-state index contributed by atoms with van der Waals surface area (Å²) in [5.41, 5.74) is 1.03. The van der Waals surface area contributed by atoms with Crippen LogP contribution in [0.1, 0.15) is 12.5 Å². The summed E-state index contributed by atoms with van der Waals surface area (Å²) in [6.45, 7) is 5.68. The maximum atomic E-state index is 12.0. The van der Waals surface area contributed by atoms with Crippen LogP contribution in [0.25, 0.3) is 0 Å². The van der Waals surface area contributed by atoms with Crippen LogP contribution in [0.3, 0.4) is 0 Å². The number of piperazine rings is 1. The molecule has 0 saturated carbocycles. The Kier molecular flexibility index (Phi) is 5.47. The predicted octanol–water partition coefficient (Wildman–Crippen LogP) is 2.86. The van der Waals surface area contributed by atoms with Gasteiger partial charge in [0.15, 0.2) is 0 Å². The average Bonchev–Trinajstić information content (AvgIpc) is 2.69. The normalized spacial score (nSPS) is 17.5. The van der Waals surface area contributed by atoms with Crippen LogP contribution < -0.4 is 9.64 Å². The fourth-order valence-corrected chi connectivity index (χ4v) is 3.57. The second-order valence-corrected chi connectivity index (χ2v) is 6.94. The topological polar surface area (TPSA) is 53.0 Å². The van der Waals surface area contributed by atoms with Gasteiger partial charge in [-0.25, -0.2) is 0 Å². The van der Waals surface area contributed by atoms with Gasteiger partial charge < -0.3 is 14.7 Å². The van der Waals surface area contributed by atoms with Crippen LogP contribution in [-0.4, -0.2) is 55.8 Å². The van der Waals surface area contributed by atoms with Crippen molar-refractivity contribution in [2.24, 2.45) is 0 Å². The van der Waals surface area contributed by atoms with Gasteiger partial charge in [-0.3, -0.25) is 9.69 Å². The van der Waals surface area contributed by atoms with E-state index < -0.39 is 11.4 Å². The van der Waals surface area contributed by atoms with Gasteiger partial charge in [-0.1, -0.05) is 42.5 Å². The number of carbonyl (C=O) groups is 1. The lowest BCUT2D eigenvalue weighted by molar-refractivity contribution is -0.144. The molecule has 0 bridgehead atoms. The molecule has 1 heterocycles. The molecule has 5 heteroatoms. The lowest BCUT2D eigenvalue weighted by atomic mass is 9.82. The van der Waals surface area contributed by atoms with Crippen LogP contribution in [-0.2, 0) is 10.2 Å². The van der Waals surface area contributed by atoms with E-state index in [1.165, 1.54) is 0 Å². The molecule has 1 aliphatic rings. The number of para-hydroxylation sites is 2. The molecule has 26 heavy (non-hydrogen) atoms. The van der Waals surface area contributed by atoms with E-state index in [4.69, 9.17) is 4.74 Å². The fourth-order valence-electron chi connectivity index (χ4n) is 3.57. The Hall–Kier alpha value is -2.53. The van der Waals surface area contributed by atoms with Crippen LogP contribution in [0.5, 0.6) is 5.75 Å². The van der Waals surface area contributed by atoms with E-state index in [1.54, 1.807) is 7.11 Å². The van der Waals surface area contributed by atoms with Gasteiger partial charge in [-0.05, 0) is 24.6 Å². The van der Waals surface area contributed by atoms with Crippen molar-refractivity contribution in [3.05, 3.63) is 60.2 Å².